The molecule has 1 aliphatic carbocycles. The number of rotatable bonds is 7. The summed E-state index contributed by atoms with van der Waals surface area (Å²) < 4.78 is 10.5. The summed E-state index contributed by atoms with van der Waals surface area (Å²) in [5.74, 6) is 1.52. The second kappa shape index (κ2) is 6.95. The van der Waals surface area contributed by atoms with Gasteiger partial charge in [0.25, 0.3) is 0 Å². The molecule has 0 aromatic heterocycles. The number of hydrogen-bond donors (Lipinski definition) is 2. The predicted molar refractivity (Wildman–Crippen MR) is 79.5 cm³/mol. The van der Waals surface area contributed by atoms with E-state index in [1.807, 2.05) is 18.2 Å². The van der Waals surface area contributed by atoms with E-state index in [-0.39, 0.29) is 0 Å². The first-order valence-electron chi connectivity index (χ1n) is 7.31. The third kappa shape index (κ3) is 3.87. The first-order chi connectivity index (χ1) is 9.67. The normalized spacial score (nSPS) is 17.1. The molecule has 0 heterocycles. The average Bonchev–Trinajstić information content (AvgIpc) is 2.90. The van der Waals surface area contributed by atoms with E-state index in [1.54, 1.807) is 14.2 Å². The van der Waals surface area contributed by atoms with Gasteiger partial charge in [-0.25, -0.2) is 0 Å². The fourth-order valence-corrected chi connectivity index (χ4v) is 2.80. The molecule has 0 saturated heterocycles. The molecule has 2 N–H and O–H groups in total. The molecule has 20 heavy (non-hydrogen) atoms. The summed E-state index contributed by atoms with van der Waals surface area (Å²) in [6.07, 6.45) is 5.06. The number of hydrogen-bond acceptors (Lipinski definition) is 4. The summed E-state index contributed by atoms with van der Waals surface area (Å²) in [5.41, 5.74) is 0.728. The van der Waals surface area contributed by atoms with E-state index in [9.17, 15) is 5.11 Å². The van der Waals surface area contributed by atoms with Gasteiger partial charge in [-0.2, -0.15) is 0 Å². The van der Waals surface area contributed by atoms with Crippen LogP contribution in [0.15, 0.2) is 18.2 Å². The molecule has 0 atom stereocenters. The minimum atomic E-state index is -0.475. The highest BCUT2D eigenvalue weighted by Crippen LogP contribution is 2.29. The van der Waals surface area contributed by atoms with Crippen LogP contribution >= 0.6 is 0 Å². The van der Waals surface area contributed by atoms with Crippen molar-refractivity contribution >= 4 is 0 Å². The van der Waals surface area contributed by atoms with Crippen molar-refractivity contribution in [2.24, 2.45) is 0 Å². The molecule has 0 bridgehead atoms. The zero-order chi connectivity index (χ0) is 14.4. The molecule has 2 rings (SSSR count). The molecular weight excluding hydrogens is 254 g/mol. The van der Waals surface area contributed by atoms with Crippen LogP contribution in [0.1, 0.15) is 31.2 Å². The monoisotopic (exact) mass is 279 g/mol. The Morgan fingerprint density at radius 2 is 1.85 bits per heavy atom. The topological polar surface area (TPSA) is 50.7 Å². The minimum Gasteiger partial charge on any atom is -0.493 e. The summed E-state index contributed by atoms with van der Waals surface area (Å²) >= 11 is 0. The van der Waals surface area contributed by atoms with Gasteiger partial charge in [0, 0.05) is 6.54 Å². The first kappa shape index (κ1) is 15.1. The van der Waals surface area contributed by atoms with Crippen LogP contribution in [0.5, 0.6) is 11.5 Å². The first-order valence-corrected chi connectivity index (χ1v) is 7.31. The predicted octanol–water partition coefficient (Wildman–Crippen LogP) is 2.14. The lowest BCUT2D eigenvalue weighted by Gasteiger charge is -2.22. The number of nitrogens with one attached hydrogen (secondary N) is 1. The Hall–Kier alpha value is -1.26. The summed E-state index contributed by atoms with van der Waals surface area (Å²) in [7, 11) is 3.29. The molecule has 4 heteroatoms. The summed E-state index contributed by atoms with van der Waals surface area (Å²) in [6.45, 7) is 1.55. The van der Waals surface area contributed by atoms with E-state index >= 15 is 0 Å². The van der Waals surface area contributed by atoms with Gasteiger partial charge in [0.1, 0.15) is 0 Å². The van der Waals surface area contributed by atoms with Crippen LogP contribution in [-0.4, -0.2) is 38.0 Å². The molecule has 4 nitrogen and oxygen atoms in total. The Bertz CT molecular complexity index is 428. The molecule has 0 spiro atoms. The van der Waals surface area contributed by atoms with Crippen molar-refractivity contribution in [2.75, 3.05) is 27.3 Å². The number of ether oxygens (including phenoxy) is 2. The zero-order valence-electron chi connectivity index (χ0n) is 12.4. The van der Waals surface area contributed by atoms with Crippen LogP contribution in [-0.2, 0) is 6.42 Å². The van der Waals surface area contributed by atoms with Crippen LogP contribution in [0.25, 0.3) is 0 Å². The lowest BCUT2D eigenvalue weighted by Crippen LogP contribution is -2.38. The highest BCUT2D eigenvalue weighted by molar-refractivity contribution is 5.42. The van der Waals surface area contributed by atoms with Crippen LogP contribution in [0.2, 0.25) is 0 Å². The maximum atomic E-state index is 10.2. The SMILES string of the molecule is COc1ccc(CCNCC2(O)CCCC2)cc1OC. The van der Waals surface area contributed by atoms with Crippen LogP contribution in [0.3, 0.4) is 0 Å². The van der Waals surface area contributed by atoms with Gasteiger partial charge in [-0.05, 0) is 43.5 Å². The van der Waals surface area contributed by atoms with Gasteiger partial charge in [0.15, 0.2) is 11.5 Å². The van der Waals surface area contributed by atoms with Gasteiger partial charge in [-0.1, -0.05) is 18.9 Å². The lowest BCUT2D eigenvalue weighted by atomic mass is 10.0. The van der Waals surface area contributed by atoms with E-state index in [4.69, 9.17) is 9.47 Å². The molecule has 0 amide bonds. The average molecular weight is 279 g/mol. The molecule has 1 saturated carbocycles. The van der Waals surface area contributed by atoms with Gasteiger partial charge >= 0.3 is 0 Å². The van der Waals surface area contributed by atoms with Crippen molar-refractivity contribution in [3.8, 4) is 11.5 Å². The van der Waals surface area contributed by atoms with Crippen molar-refractivity contribution < 1.29 is 14.6 Å². The highest BCUT2D eigenvalue weighted by atomic mass is 16.5. The molecular formula is C16H25NO3. The second-order valence-electron chi connectivity index (χ2n) is 5.55. The summed E-state index contributed by atoms with van der Waals surface area (Å²) in [6, 6.07) is 5.98. The molecule has 0 aliphatic heterocycles. The van der Waals surface area contributed by atoms with E-state index in [0.29, 0.717) is 6.54 Å². The number of benzene rings is 1. The van der Waals surface area contributed by atoms with E-state index < -0.39 is 5.60 Å². The molecule has 1 aliphatic rings. The quantitative estimate of drug-likeness (QED) is 0.751. The molecule has 112 valence electrons. The fourth-order valence-electron chi connectivity index (χ4n) is 2.80. The Kier molecular flexibility index (Phi) is 5.26. The molecule has 0 unspecified atom stereocenters. The maximum absolute atomic E-state index is 10.2. The minimum absolute atomic E-state index is 0.475. The second-order valence-corrected chi connectivity index (χ2v) is 5.55. The lowest BCUT2D eigenvalue weighted by molar-refractivity contribution is 0.0480. The highest BCUT2D eigenvalue weighted by Gasteiger charge is 2.30. The fraction of sp³-hybridized carbons (Fsp3) is 0.625. The van der Waals surface area contributed by atoms with E-state index in [0.717, 1.165) is 50.1 Å². The van der Waals surface area contributed by atoms with E-state index in [2.05, 4.69) is 5.32 Å². The van der Waals surface area contributed by atoms with Gasteiger partial charge in [-0.15, -0.1) is 0 Å². The number of methoxy groups -OCH3 is 2. The smallest absolute Gasteiger partial charge is 0.160 e. The molecule has 1 aromatic rings. The Morgan fingerprint density at radius 1 is 1.15 bits per heavy atom. The molecule has 1 aromatic carbocycles. The molecule has 1 fully saturated rings. The van der Waals surface area contributed by atoms with Crippen molar-refractivity contribution in [1.29, 1.82) is 0 Å². The van der Waals surface area contributed by atoms with Gasteiger partial charge in [0.05, 0.1) is 19.8 Å². The van der Waals surface area contributed by atoms with E-state index in [1.165, 1.54) is 5.56 Å². The van der Waals surface area contributed by atoms with Crippen molar-refractivity contribution in [2.45, 2.75) is 37.7 Å². The Morgan fingerprint density at radius 3 is 2.50 bits per heavy atom. The maximum Gasteiger partial charge on any atom is 0.160 e. The van der Waals surface area contributed by atoms with Crippen LogP contribution in [0, 0.1) is 0 Å². The van der Waals surface area contributed by atoms with Crippen molar-refractivity contribution in [3.05, 3.63) is 23.8 Å². The van der Waals surface area contributed by atoms with Gasteiger partial charge in [0.2, 0.25) is 0 Å². The summed E-state index contributed by atoms with van der Waals surface area (Å²) in [5, 5.41) is 13.6. The van der Waals surface area contributed by atoms with Crippen LogP contribution < -0.4 is 14.8 Å². The number of aliphatic hydroxyl groups is 1. The van der Waals surface area contributed by atoms with Crippen molar-refractivity contribution in [3.63, 3.8) is 0 Å². The van der Waals surface area contributed by atoms with Crippen molar-refractivity contribution in [1.82, 2.24) is 5.32 Å². The summed E-state index contributed by atoms with van der Waals surface area (Å²) in [4.78, 5) is 0. The third-order valence-electron chi connectivity index (χ3n) is 4.03. The largest absolute Gasteiger partial charge is 0.493 e. The third-order valence-corrected chi connectivity index (χ3v) is 4.03. The van der Waals surface area contributed by atoms with Gasteiger partial charge in [-0.3, -0.25) is 0 Å². The Labute approximate surface area is 121 Å². The molecule has 0 radical (unpaired) electrons. The standard InChI is InChI=1S/C16H25NO3/c1-19-14-6-5-13(11-15(14)20-2)7-10-17-12-16(18)8-3-4-9-16/h5-6,11,17-18H,3-4,7-10,12H2,1-2H3. The Balaban J connectivity index is 1.79. The zero-order valence-corrected chi connectivity index (χ0v) is 12.4. The van der Waals surface area contributed by atoms with Crippen LogP contribution in [0.4, 0.5) is 0 Å². The van der Waals surface area contributed by atoms with Gasteiger partial charge < -0.3 is 19.9 Å².